The highest BCUT2D eigenvalue weighted by Gasteiger charge is 2.45. The Hall–Kier alpha value is -2.12. The summed E-state index contributed by atoms with van der Waals surface area (Å²) in [4.78, 5) is 0.366. The van der Waals surface area contributed by atoms with Crippen molar-refractivity contribution in [2.24, 2.45) is 0 Å². The number of hydrogen-bond acceptors (Lipinski definition) is 3. The quantitative estimate of drug-likeness (QED) is 0.317. The topological polar surface area (TPSA) is 43.4 Å². The third-order valence-corrected chi connectivity index (χ3v) is 7.67. The molecule has 1 atom stereocenters. The number of ether oxygens (including phenoxy) is 1. The van der Waals surface area contributed by atoms with Gasteiger partial charge in [0.2, 0.25) is 0 Å². The summed E-state index contributed by atoms with van der Waals surface area (Å²) < 4.78 is 32.3. The van der Waals surface area contributed by atoms with Crippen LogP contribution in [0.25, 0.3) is 16.9 Å². The summed E-state index contributed by atoms with van der Waals surface area (Å²) in [6.07, 6.45) is 1.60. The minimum absolute atomic E-state index is 0.342. The van der Waals surface area contributed by atoms with Crippen molar-refractivity contribution in [1.82, 2.24) is 0 Å². The van der Waals surface area contributed by atoms with Crippen LogP contribution in [0.3, 0.4) is 0 Å². The number of sulfone groups is 1. The summed E-state index contributed by atoms with van der Waals surface area (Å²) >= 11 is 2.28. The van der Waals surface area contributed by atoms with Crippen LogP contribution in [-0.4, -0.2) is 19.1 Å². The Morgan fingerprint density at radius 2 is 1.34 bits per heavy atom. The number of hydrogen-bond donors (Lipinski definition) is 0. The Labute approximate surface area is 185 Å². The van der Waals surface area contributed by atoms with Crippen molar-refractivity contribution in [3.05, 3.63) is 101 Å². The van der Waals surface area contributed by atoms with Crippen molar-refractivity contribution in [1.29, 1.82) is 0 Å². The van der Waals surface area contributed by atoms with Crippen LogP contribution in [0.2, 0.25) is 0 Å². The summed E-state index contributed by atoms with van der Waals surface area (Å²) in [6, 6.07) is 27.9. The van der Waals surface area contributed by atoms with Crippen LogP contribution >= 0.6 is 22.6 Å². The predicted octanol–water partition coefficient (Wildman–Crippen LogP) is 5.82. The molecule has 1 aliphatic heterocycles. The minimum atomic E-state index is -3.40. The Morgan fingerprint density at radius 3 is 1.90 bits per heavy atom. The molecule has 1 aliphatic rings. The molecule has 3 nitrogen and oxygen atoms in total. The Balaban J connectivity index is 1.76. The first-order chi connectivity index (χ1) is 13.9. The number of alkyl halides is 1. The van der Waals surface area contributed by atoms with E-state index in [4.69, 9.17) is 4.74 Å². The van der Waals surface area contributed by atoms with Gasteiger partial charge in [0.1, 0.15) is 11.4 Å². The third-order valence-electron chi connectivity index (χ3n) is 5.21. The molecule has 1 heterocycles. The van der Waals surface area contributed by atoms with E-state index in [1.165, 1.54) is 6.26 Å². The van der Waals surface area contributed by atoms with Crippen molar-refractivity contribution in [2.75, 3.05) is 10.7 Å². The molecule has 1 unspecified atom stereocenters. The third kappa shape index (κ3) is 3.98. The van der Waals surface area contributed by atoms with E-state index < -0.39 is 15.4 Å². The van der Waals surface area contributed by atoms with Crippen molar-refractivity contribution in [3.8, 4) is 11.1 Å². The first kappa shape index (κ1) is 20.2. The molecule has 0 aliphatic carbocycles. The van der Waals surface area contributed by atoms with Gasteiger partial charge in [-0.3, -0.25) is 0 Å². The molecule has 0 saturated heterocycles. The molecule has 0 bridgehead atoms. The van der Waals surface area contributed by atoms with Gasteiger partial charge in [-0.25, -0.2) is 8.42 Å². The van der Waals surface area contributed by atoms with Gasteiger partial charge in [0.15, 0.2) is 9.84 Å². The van der Waals surface area contributed by atoms with Crippen LogP contribution in [0, 0.1) is 0 Å². The predicted molar refractivity (Wildman–Crippen MR) is 126 cm³/mol. The van der Waals surface area contributed by atoms with Gasteiger partial charge in [-0.05, 0) is 16.7 Å². The van der Waals surface area contributed by atoms with Gasteiger partial charge in [-0.2, -0.15) is 0 Å². The fourth-order valence-corrected chi connectivity index (χ4v) is 5.50. The normalized spacial score (nSPS) is 19.2. The van der Waals surface area contributed by atoms with Gasteiger partial charge in [0.25, 0.3) is 0 Å². The van der Waals surface area contributed by atoms with Gasteiger partial charge in [0, 0.05) is 22.7 Å². The molecule has 4 rings (SSSR count). The standard InChI is InChI=1S/C24H21IO3S/c1-29(26,27)22-16-24(17-25,21-10-6-3-7-11-21)28-23(22)20-14-12-19(13-15-20)18-8-4-2-5-9-18/h2-15H,16-17H2,1H3. The van der Waals surface area contributed by atoms with Crippen LogP contribution in [0.5, 0.6) is 0 Å². The molecule has 0 aromatic heterocycles. The molecule has 3 aromatic carbocycles. The van der Waals surface area contributed by atoms with E-state index in [0.29, 0.717) is 21.5 Å². The van der Waals surface area contributed by atoms with E-state index >= 15 is 0 Å². The van der Waals surface area contributed by atoms with Gasteiger partial charge < -0.3 is 4.74 Å². The Kier molecular flexibility index (Phi) is 5.53. The van der Waals surface area contributed by atoms with Crippen molar-refractivity contribution >= 4 is 38.2 Å². The van der Waals surface area contributed by atoms with E-state index in [2.05, 4.69) is 34.7 Å². The highest BCUT2D eigenvalue weighted by Crippen LogP contribution is 2.48. The second kappa shape index (κ2) is 7.95. The molecule has 0 amide bonds. The van der Waals surface area contributed by atoms with E-state index in [-0.39, 0.29) is 0 Å². The van der Waals surface area contributed by atoms with E-state index in [1.54, 1.807) is 0 Å². The first-order valence-electron chi connectivity index (χ1n) is 9.32. The zero-order valence-corrected chi connectivity index (χ0v) is 19.0. The fourth-order valence-electron chi connectivity index (χ4n) is 3.65. The summed E-state index contributed by atoms with van der Waals surface area (Å²) in [5, 5.41) is 0. The van der Waals surface area contributed by atoms with E-state index in [1.807, 2.05) is 72.8 Å². The maximum absolute atomic E-state index is 12.6. The number of benzene rings is 3. The molecule has 29 heavy (non-hydrogen) atoms. The molecular weight excluding hydrogens is 495 g/mol. The summed E-state index contributed by atoms with van der Waals surface area (Å²) in [7, 11) is -3.40. The highest BCUT2D eigenvalue weighted by atomic mass is 127. The first-order valence-corrected chi connectivity index (χ1v) is 12.7. The monoisotopic (exact) mass is 516 g/mol. The zero-order chi connectivity index (χ0) is 20.5. The van der Waals surface area contributed by atoms with Crippen molar-refractivity contribution in [3.63, 3.8) is 0 Å². The summed E-state index contributed by atoms with van der Waals surface area (Å²) in [6.45, 7) is 0. The smallest absolute Gasteiger partial charge is 0.175 e. The van der Waals surface area contributed by atoms with Gasteiger partial charge in [0.05, 0.1) is 4.91 Å². The molecule has 0 radical (unpaired) electrons. The fraction of sp³-hybridized carbons (Fsp3) is 0.167. The van der Waals surface area contributed by atoms with Crippen LogP contribution in [0.4, 0.5) is 0 Å². The van der Waals surface area contributed by atoms with Gasteiger partial charge in [-0.15, -0.1) is 0 Å². The lowest BCUT2D eigenvalue weighted by molar-refractivity contribution is 0.0861. The maximum Gasteiger partial charge on any atom is 0.175 e. The molecule has 0 spiro atoms. The lowest BCUT2D eigenvalue weighted by Crippen LogP contribution is -2.28. The van der Waals surface area contributed by atoms with Gasteiger partial charge in [-0.1, -0.05) is 108 Å². The minimum Gasteiger partial charge on any atom is -0.480 e. The molecule has 0 fully saturated rings. The molecule has 148 valence electrons. The molecule has 3 aromatic rings. The highest BCUT2D eigenvalue weighted by molar-refractivity contribution is 14.1. The SMILES string of the molecule is CS(=O)(=O)C1=C(c2ccc(-c3ccccc3)cc2)OC(CI)(c2ccccc2)C1. The summed E-state index contributed by atoms with van der Waals surface area (Å²) in [5.74, 6) is 0.465. The average molecular weight is 516 g/mol. The van der Waals surface area contributed by atoms with Crippen LogP contribution in [0.1, 0.15) is 17.5 Å². The lowest BCUT2D eigenvalue weighted by Gasteiger charge is -2.28. The largest absolute Gasteiger partial charge is 0.480 e. The molecule has 5 heteroatoms. The maximum atomic E-state index is 12.6. The Bertz CT molecular complexity index is 1140. The second-order valence-corrected chi connectivity index (χ2v) is 10.0. The lowest BCUT2D eigenvalue weighted by atomic mass is 9.93. The molecular formula is C24H21IO3S. The van der Waals surface area contributed by atoms with Crippen molar-refractivity contribution < 1.29 is 13.2 Å². The molecule has 0 saturated carbocycles. The summed E-state index contributed by atoms with van der Waals surface area (Å²) in [5.41, 5.74) is 3.30. The van der Waals surface area contributed by atoms with Crippen LogP contribution < -0.4 is 0 Å². The number of halogens is 1. The van der Waals surface area contributed by atoms with Crippen molar-refractivity contribution in [2.45, 2.75) is 12.0 Å². The Morgan fingerprint density at radius 1 is 0.828 bits per heavy atom. The number of rotatable bonds is 5. The molecule has 0 N–H and O–H groups in total. The van der Waals surface area contributed by atoms with Crippen LogP contribution in [-0.2, 0) is 20.2 Å². The zero-order valence-electron chi connectivity index (χ0n) is 16.0. The second-order valence-electron chi connectivity index (χ2n) is 7.24. The average Bonchev–Trinajstić information content (AvgIpc) is 3.17. The van der Waals surface area contributed by atoms with Gasteiger partial charge >= 0.3 is 0 Å². The van der Waals surface area contributed by atoms with E-state index in [9.17, 15) is 8.42 Å². The van der Waals surface area contributed by atoms with E-state index in [0.717, 1.165) is 22.3 Å². The van der Waals surface area contributed by atoms with Crippen LogP contribution in [0.15, 0.2) is 89.8 Å².